The minimum absolute atomic E-state index is 0.101. The van der Waals surface area contributed by atoms with Gasteiger partial charge in [-0.3, -0.25) is 4.79 Å². The number of hydrogen-bond donors (Lipinski definition) is 0. The highest BCUT2D eigenvalue weighted by atomic mass is 79.9. The third kappa shape index (κ3) is 3.81. The molecule has 0 heterocycles. The number of hydrogen-bond acceptors (Lipinski definition) is 2. The highest BCUT2D eigenvalue weighted by Crippen LogP contribution is 2.24. The van der Waals surface area contributed by atoms with Crippen molar-refractivity contribution in [2.45, 2.75) is 4.90 Å². The van der Waals surface area contributed by atoms with E-state index in [4.69, 9.17) is 11.6 Å². The van der Waals surface area contributed by atoms with E-state index in [2.05, 4.69) is 15.9 Å². The number of Topliss-reactive ketones (excluding diaryl/α,β-unsaturated/α-hetero) is 1. The number of carbonyl (C=O) groups excluding carboxylic acids is 1. The summed E-state index contributed by atoms with van der Waals surface area (Å²) in [5, 5.41) is 0.617. The largest absolute Gasteiger partial charge is 0.293 e. The number of benzene rings is 2. The van der Waals surface area contributed by atoms with Crippen molar-refractivity contribution in [1.29, 1.82) is 0 Å². The summed E-state index contributed by atoms with van der Waals surface area (Å²) in [4.78, 5) is 12.8. The van der Waals surface area contributed by atoms with Crippen molar-refractivity contribution in [2.24, 2.45) is 0 Å². The summed E-state index contributed by atoms with van der Waals surface area (Å²) in [6.45, 7) is 0. The Labute approximate surface area is 128 Å². The third-order valence-electron chi connectivity index (χ3n) is 2.42. The smallest absolute Gasteiger partial charge is 0.176 e. The number of halogens is 3. The zero-order valence-electron chi connectivity index (χ0n) is 9.70. The summed E-state index contributed by atoms with van der Waals surface area (Å²) in [7, 11) is 0. The molecule has 0 saturated heterocycles. The van der Waals surface area contributed by atoms with Crippen LogP contribution in [-0.4, -0.2) is 11.5 Å². The Kier molecular flexibility index (Phi) is 5.02. The van der Waals surface area contributed by atoms with E-state index in [1.165, 1.54) is 17.8 Å². The molecule has 2 aromatic carbocycles. The minimum Gasteiger partial charge on any atom is -0.293 e. The lowest BCUT2D eigenvalue weighted by molar-refractivity contribution is 0.101. The highest BCUT2D eigenvalue weighted by Gasteiger charge is 2.14. The van der Waals surface area contributed by atoms with Crippen LogP contribution < -0.4 is 0 Å². The van der Waals surface area contributed by atoms with Crippen LogP contribution in [0.5, 0.6) is 0 Å². The van der Waals surface area contributed by atoms with Crippen LogP contribution in [0.1, 0.15) is 10.4 Å². The Bertz CT molecular complexity index is 618. The van der Waals surface area contributed by atoms with Crippen molar-refractivity contribution < 1.29 is 9.18 Å². The van der Waals surface area contributed by atoms with Gasteiger partial charge in [-0.1, -0.05) is 23.7 Å². The Balaban J connectivity index is 2.08. The fourth-order valence-electron chi connectivity index (χ4n) is 1.50. The quantitative estimate of drug-likeness (QED) is 0.550. The molecule has 2 rings (SSSR count). The van der Waals surface area contributed by atoms with Crippen LogP contribution in [0.15, 0.2) is 51.8 Å². The molecule has 0 radical (unpaired) electrons. The zero-order chi connectivity index (χ0) is 13.8. The highest BCUT2D eigenvalue weighted by molar-refractivity contribution is 9.10. The molecule has 0 saturated carbocycles. The topological polar surface area (TPSA) is 17.1 Å². The molecule has 0 aliphatic rings. The van der Waals surface area contributed by atoms with Gasteiger partial charge in [0.1, 0.15) is 5.82 Å². The van der Waals surface area contributed by atoms with Gasteiger partial charge < -0.3 is 0 Å². The Morgan fingerprint density at radius 3 is 2.74 bits per heavy atom. The molecular weight excluding hydrogens is 351 g/mol. The Morgan fingerprint density at radius 2 is 2.00 bits per heavy atom. The van der Waals surface area contributed by atoms with Crippen LogP contribution in [0.25, 0.3) is 0 Å². The molecule has 0 aliphatic heterocycles. The molecular formula is C14H9BrClFOS. The normalized spacial score (nSPS) is 10.5. The average molecular weight is 360 g/mol. The van der Waals surface area contributed by atoms with Gasteiger partial charge in [-0.15, -0.1) is 11.8 Å². The molecule has 0 atom stereocenters. The van der Waals surface area contributed by atoms with Gasteiger partial charge in [0.15, 0.2) is 5.78 Å². The second-order valence-electron chi connectivity index (χ2n) is 3.77. The van der Waals surface area contributed by atoms with Crippen LogP contribution in [-0.2, 0) is 0 Å². The molecule has 0 fully saturated rings. The number of carbonyl (C=O) groups is 1. The van der Waals surface area contributed by atoms with Crippen molar-refractivity contribution in [3.05, 3.63) is 63.3 Å². The van der Waals surface area contributed by atoms with Crippen molar-refractivity contribution in [2.75, 3.05) is 5.75 Å². The molecule has 0 N–H and O–H groups in total. The lowest BCUT2D eigenvalue weighted by atomic mass is 10.1. The molecule has 0 unspecified atom stereocenters. The summed E-state index contributed by atoms with van der Waals surface area (Å²) < 4.78 is 14.0. The molecule has 2 aromatic rings. The Hall–Kier alpha value is -0.840. The second-order valence-corrected chi connectivity index (χ2v) is 6.11. The van der Waals surface area contributed by atoms with E-state index >= 15 is 0 Å². The van der Waals surface area contributed by atoms with Crippen LogP contribution in [0.4, 0.5) is 4.39 Å². The first-order valence-corrected chi connectivity index (χ1v) is 7.59. The molecule has 0 spiro atoms. The number of rotatable bonds is 4. The van der Waals surface area contributed by atoms with Gasteiger partial charge in [0, 0.05) is 9.92 Å². The maximum absolute atomic E-state index is 13.7. The number of thioether (sulfide) groups is 1. The van der Waals surface area contributed by atoms with Gasteiger partial charge in [0.25, 0.3) is 0 Å². The lowest BCUT2D eigenvalue weighted by Gasteiger charge is -2.04. The first kappa shape index (κ1) is 14.6. The summed E-state index contributed by atoms with van der Waals surface area (Å²) in [5.41, 5.74) is 0.101. The van der Waals surface area contributed by atoms with Crippen LogP contribution >= 0.6 is 39.3 Å². The Morgan fingerprint density at radius 1 is 1.26 bits per heavy atom. The predicted molar refractivity (Wildman–Crippen MR) is 80.6 cm³/mol. The summed E-state index contributed by atoms with van der Waals surface area (Å²) in [6, 6.07) is 11.9. The van der Waals surface area contributed by atoms with Gasteiger partial charge in [0.2, 0.25) is 0 Å². The third-order valence-corrected chi connectivity index (χ3v) is 4.26. The van der Waals surface area contributed by atoms with Crippen molar-refractivity contribution >= 4 is 45.1 Å². The van der Waals surface area contributed by atoms with Gasteiger partial charge in [0.05, 0.1) is 15.8 Å². The van der Waals surface area contributed by atoms with E-state index in [-0.39, 0.29) is 17.1 Å². The van der Waals surface area contributed by atoms with Crippen LogP contribution in [0.2, 0.25) is 5.02 Å². The maximum Gasteiger partial charge on any atom is 0.176 e. The van der Waals surface area contributed by atoms with Gasteiger partial charge in [-0.2, -0.15) is 0 Å². The van der Waals surface area contributed by atoms with Crippen molar-refractivity contribution in [3.8, 4) is 0 Å². The zero-order valence-corrected chi connectivity index (χ0v) is 12.9. The van der Waals surface area contributed by atoms with E-state index in [1.807, 2.05) is 12.1 Å². The summed E-state index contributed by atoms with van der Waals surface area (Å²) in [5.74, 6) is -0.587. The monoisotopic (exact) mass is 358 g/mol. The molecule has 1 nitrogen and oxygen atoms in total. The van der Waals surface area contributed by atoms with E-state index in [9.17, 15) is 9.18 Å². The van der Waals surface area contributed by atoms with E-state index < -0.39 is 5.82 Å². The molecule has 0 aromatic heterocycles. The summed E-state index contributed by atoms with van der Waals surface area (Å²) >= 11 is 10.3. The van der Waals surface area contributed by atoms with E-state index in [0.29, 0.717) is 9.50 Å². The first-order valence-electron chi connectivity index (χ1n) is 5.43. The van der Waals surface area contributed by atoms with Gasteiger partial charge in [-0.05, 0) is 46.3 Å². The predicted octanol–water partition coefficient (Wildman–Crippen LogP) is 5.22. The maximum atomic E-state index is 13.7. The van der Waals surface area contributed by atoms with Crippen LogP contribution in [0.3, 0.4) is 0 Å². The van der Waals surface area contributed by atoms with E-state index in [1.54, 1.807) is 24.3 Å². The van der Waals surface area contributed by atoms with Crippen molar-refractivity contribution in [1.82, 2.24) is 0 Å². The van der Waals surface area contributed by atoms with Crippen LogP contribution in [0, 0.1) is 5.82 Å². The standard InChI is InChI=1S/C14H9BrClFOS/c15-12-6-2-5-11(14(12)17)13(18)8-19-10-4-1-3-9(16)7-10/h1-7H,8H2. The van der Waals surface area contributed by atoms with E-state index in [0.717, 1.165) is 4.90 Å². The number of ketones is 1. The first-order chi connectivity index (χ1) is 9.08. The molecule has 19 heavy (non-hydrogen) atoms. The van der Waals surface area contributed by atoms with Gasteiger partial charge >= 0.3 is 0 Å². The molecule has 0 amide bonds. The molecule has 5 heteroatoms. The van der Waals surface area contributed by atoms with Crippen molar-refractivity contribution in [3.63, 3.8) is 0 Å². The lowest BCUT2D eigenvalue weighted by Crippen LogP contribution is -2.05. The average Bonchev–Trinajstić information content (AvgIpc) is 2.39. The fraction of sp³-hybridized carbons (Fsp3) is 0.0714. The van der Waals surface area contributed by atoms with Gasteiger partial charge in [-0.25, -0.2) is 4.39 Å². The SMILES string of the molecule is O=C(CSc1cccc(Cl)c1)c1cccc(Br)c1F. The summed E-state index contributed by atoms with van der Waals surface area (Å²) in [6.07, 6.45) is 0. The second kappa shape index (κ2) is 6.55. The fourth-order valence-corrected chi connectivity index (χ4v) is 2.96. The molecule has 98 valence electrons. The molecule has 0 bridgehead atoms. The molecule has 0 aliphatic carbocycles. The minimum atomic E-state index is -0.515.